The van der Waals surface area contributed by atoms with Crippen molar-refractivity contribution < 1.29 is 22.6 Å². The van der Waals surface area contributed by atoms with E-state index < -0.39 is 6.36 Å². The number of hydrogen-bond acceptors (Lipinski definition) is 4. The molecule has 2 heterocycles. The summed E-state index contributed by atoms with van der Waals surface area (Å²) in [7, 11) is 0. The van der Waals surface area contributed by atoms with Crippen LogP contribution in [-0.4, -0.2) is 27.2 Å². The van der Waals surface area contributed by atoms with E-state index in [-0.39, 0.29) is 24.6 Å². The zero-order chi connectivity index (χ0) is 22.0. The first-order chi connectivity index (χ1) is 14.8. The molecule has 2 aromatic carbocycles. The molecule has 2 aromatic heterocycles. The summed E-state index contributed by atoms with van der Waals surface area (Å²) >= 11 is 6.04. The van der Waals surface area contributed by atoms with Gasteiger partial charge in [-0.1, -0.05) is 35.9 Å². The molecule has 10 heteroatoms. The zero-order valence-corrected chi connectivity index (χ0v) is 16.6. The molecule has 31 heavy (non-hydrogen) atoms. The molecule has 0 atom stereocenters. The Kier molecular flexibility index (Phi) is 5.60. The highest BCUT2D eigenvalue weighted by Crippen LogP contribution is 2.26. The van der Waals surface area contributed by atoms with Crippen molar-refractivity contribution in [1.29, 1.82) is 0 Å². The molecule has 0 amide bonds. The average Bonchev–Trinajstić information content (AvgIpc) is 3.04. The molecule has 0 saturated carbocycles. The second kappa shape index (κ2) is 8.35. The van der Waals surface area contributed by atoms with Gasteiger partial charge in [0.15, 0.2) is 5.65 Å². The van der Waals surface area contributed by atoms with Gasteiger partial charge in [-0.3, -0.25) is 0 Å². The van der Waals surface area contributed by atoms with Crippen LogP contribution in [-0.2, 0) is 6.54 Å². The van der Waals surface area contributed by atoms with E-state index in [1.54, 1.807) is 42.6 Å². The van der Waals surface area contributed by atoms with Crippen LogP contribution in [0.2, 0.25) is 5.02 Å². The molecule has 4 rings (SSSR count). The van der Waals surface area contributed by atoms with E-state index in [1.807, 2.05) is 0 Å². The number of halogens is 4. The van der Waals surface area contributed by atoms with Crippen LogP contribution in [0.25, 0.3) is 16.8 Å². The maximum absolute atomic E-state index is 12.7. The molecular formula is C21H15ClF3N3O3. The van der Waals surface area contributed by atoms with Crippen LogP contribution >= 0.6 is 11.6 Å². The minimum absolute atomic E-state index is 0.195. The third kappa shape index (κ3) is 4.83. The molecule has 0 saturated heterocycles. The summed E-state index contributed by atoms with van der Waals surface area (Å²) in [6, 6.07) is 15.8. The number of hydrogen-bond donors (Lipinski definition) is 0. The molecule has 0 spiro atoms. The second-order valence-electron chi connectivity index (χ2n) is 6.50. The summed E-state index contributed by atoms with van der Waals surface area (Å²) in [5, 5.41) is 4.74. The Morgan fingerprint density at radius 1 is 0.968 bits per heavy atom. The van der Waals surface area contributed by atoms with E-state index in [2.05, 4.69) is 9.84 Å². The number of aromatic nitrogens is 3. The minimum atomic E-state index is -4.75. The van der Waals surface area contributed by atoms with Gasteiger partial charge in [0, 0.05) is 6.20 Å². The van der Waals surface area contributed by atoms with Gasteiger partial charge in [-0.15, -0.1) is 18.3 Å². The Hall–Kier alpha value is -3.46. The molecule has 0 fully saturated rings. The summed E-state index contributed by atoms with van der Waals surface area (Å²) in [6.45, 7) is 0.408. The lowest BCUT2D eigenvalue weighted by Crippen LogP contribution is -2.24. The van der Waals surface area contributed by atoms with E-state index in [0.29, 0.717) is 27.5 Å². The Balaban J connectivity index is 1.51. The monoisotopic (exact) mass is 449 g/mol. The molecular weight excluding hydrogens is 435 g/mol. The number of nitrogens with zero attached hydrogens (tertiary/aromatic N) is 3. The van der Waals surface area contributed by atoms with E-state index >= 15 is 0 Å². The van der Waals surface area contributed by atoms with Crippen LogP contribution < -0.4 is 15.2 Å². The number of para-hydroxylation sites is 1. The van der Waals surface area contributed by atoms with Crippen molar-refractivity contribution in [3.05, 3.63) is 82.4 Å². The fourth-order valence-corrected chi connectivity index (χ4v) is 3.18. The number of pyridine rings is 1. The molecule has 0 aliphatic rings. The number of rotatable bonds is 6. The van der Waals surface area contributed by atoms with Crippen LogP contribution in [0, 0.1) is 0 Å². The molecule has 0 unspecified atom stereocenters. The highest BCUT2D eigenvalue weighted by molar-refractivity contribution is 6.32. The zero-order valence-electron chi connectivity index (χ0n) is 15.8. The summed E-state index contributed by atoms with van der Waals surface area (Å²) in [4.78, 5) is 12.7. The maximum atomic E-state index is 12.7. The van der Waals surface area contributed by atoms with E-state index in [0.717, 1.165) is 0 Å². The second-order valence-corrected chi connectivity index (χ2v) is 6.91. The van der Waals surface area contributed by atoms with Gasteiger partial charge in [-0.2, -0.15) is 0 Å². The Bertz CT molecular complexity index is 1270. The number of alkyl halides is 3. The number of benzene rings is 2. The maximum Gasteiger partial charge on any atom is 0.573 e. The Labute approximate surface area is 179 Å². The lowest BCUT2D eigenvalue weighted by Gasteiger charge is -2.09. The van der Waals surface area contributed by atoms with Crippen molar-refractivity contribution in [2.45, 2.75) is 12.9 Å². The van der Waals surface area contributed by atoms with Crippen molar-refractivity contribution >= 4 is 17.2 Å². The molecule has 0 aliphatic heterocycles. The standard InChI is InChI=1S/C21H15ClF3N3O3/c22-17-3-1-2-4-18(17)30-12-11-28-20(29)27-13-15(7-10-19(27)26-28)14-5-8-16(9-6-14)31-21(23,24)25/h1-10,13H,11-12H2. The molecule has 4 aromatic rings. The smallest absolute Gasteiger partial charge is 0.490 e. The predicted molar refractivity (Wildman–Crippen MR) is 109 cm³/mol. The van der Waals surface area contributed by atoms with Crippen LogP contribution in [0.1, 0.15) is 0 Å². The SMILES string of the molecule is O=c1n(CCOc2ccccc2Cl)nc2ccc(-c3ccc(OC(F)(F)F)cc3)cn12. The van der Waals surface area contributed by atoms with Crippen molar-refractivity contribution in [3.63, 3.8) is 0 Å². The normalized spacial score (nSPS) is 11.6. The Morgan fingerprint density at radius 2 is 1.68 bits per heavy atom. The van der Waals surface area contributed by atoms with Crippen molar-refractivity contribution in [2.75, 3.05) is 6.61 Å². The average molecular weight is 450 g/mol. The van der Waals surface area contributed by atoms with Crippen LogP contribution in [0.4, 0.5) is 13.2 Å². The lowest BCUT2D eigenvalue weighted by atomic mass is 10.1. The first kappa shape index (κ1) is 20.8. The van der Waals surface area contributed by atoms with Gasteiger partial charge in [0.1, 0.15) is 18.1 Å². The van der Waals surface area contributed by atoms with Gasteiger partial charge in [-0.25, -0.2) is 13.9 Å². The van der Waals surface area contributed by atoms with Crippen LogP contribution in [0.3, 0.4) is 0 Å². The van der Waals surface area contributed by atoms with E-state index in [1.165, 1.54) is 33.3 Å². The third-order valence-corrected chi connectivity index (χ3v) is 4.71. The van der Waals surface area contributed by atoms with Gasteiger partial charge in [0.25, 0.3) is 0 Å². The van der Waals surface area contributed by atoms with Gasteiger partial charge in [0.2, 0.25) is 0 Å². The summed E-state index contributed by atoms with van der Waals surface area (Å²) in [6.07, 6.45) is -3.17. The minimum Gasteiger partial charge on any atom is -0.490 e. The largest absolute Gasteiger partial charge is 0.573 e. The van der Waals surface area contributed by atoms with Crippen LogP contribution in [0.5, 0.6) is 11.5 Å². The van der Waals surface area contributed by atoms with E-state index in [4.69, 9.17) is 16.3 Å². The third-order valence-electron chi connectivity index (χ3n) is 4.40. The van der Waals surface area contributed by atoms with Crippen molar-refractivity contribution in [3.8, 4) is 22.6 Å². The first-order valence-corrected chi connectivity index (χ1v) is 9.51. The Morgan fingerprint density at radius 3 is 2.39 bits per heavy atom. The number of ether oxygens (including phenoxy) is 2. The molecule has 0 N–H and O–H groups in total. The highest BCUT2D eigenvalue weighted by Gasteiger charge is 2.30. The molecule has 0 radical (unpaired) electrons. The highest BCUT2D eigenvalue weighted by atomic mass is 35.5. The molecule has 0 aliphatic carbocycles. The summed E-state index contributed by atoms with van der Waals surface area (Å²) in [5.74, 6) is 0.196. The fourth-order valence-electron chi connectivity index (χ4n) is 2.99. The van der Waals surface area contributed by atoms with Gasteiger partial charge in [-0.05, 0) is 47.5 Å². The van der Waals surface area contributed by atoms with Gasteiger partial charge < -0.3 is 9.47 Å². The quantitative estimate of drug-likeness (QED) is 0.424. The van der Waals surface area contributed by atoms with Crippen molar-refractivity contribution in [1.82, 2.24) is 14.2 Å². The summed E-state index contributed by atoms with van der Waals surface area (Å²) < 4.78 is 49.0. The van der Waals surface area contributed by atoms with Gasteiger partial charge in [0.05, 0.1) is 11.6 Å². The molecule has 6 nitrogen and oxygen atoms in total. The topological polar surface area (TPSA) is 57.8 Å². The molecule has 0 bridgehead atoms. The lowest BCUT2D eigenvalue weighted by molar-refractivity contribution is -0.274. The summed E-state index contributed by atoms with van der Waals surface area (Å²) in [5.41, 5.74) is 1.33. The van der Waals surface area contributed by atoms with Crippen molar-refractivity contribution in [2.24, 2.45) is 0 Å². The van der Waals surface area contributed by atoms with Crippen LogP contribution in [0.15, 0.2) is 71.7 Å². The predicted octanol–water partition coefficient (Wildman–Crippen LogP) is 4.79. The first-order valence-electron chi connectivity index (χ1n) is 9.13. The van der Waals surface area contributed by atoms with E-state index in [9.17, 15) is 18.0 Å². The number of fused-ring (bicyclic) bond motifs is 1. The van der Waals surface area contributed by atoms with Gasteiger partial charge >= 0.3 is 12.1 Å². The fraction of sp³-hybridized carbons (Fsp3) is 0.143. The molecule has 160 valence electrons.